The number of carbonyl (C=O) groups is 2. The molecule has 0 atom stereocenters. The van der Waals surface area contributed by atoms with Crippen molar-refractivity contribution in [3.63, 3.8) is 0 Å². The van der Waals surface area contributed by atoms with Crippen LogP contribution >= 0.6 is 11.3 Å². The molecule has 2 aromatic rings. The minimum Gasteiger partial charge on any atom is -0.478 e. The zero-order valence-corrected chi connectivity index (χ0v) is 14.0. The lowest BCUT2D eigenvalue weighted by atomic mass is 10.2. The molecule has 7 heteroatoms. The van der Waals surface area contributed by atoms with Crippen LogP contribution in [0, 0.1) is 0 Å². The normalized spacial score (nSPS) is 15.2. The molecule has 0 saturated carbocycles. The van der Waals surface area contributed by atoms with E-state index in [-0.39, 0.29) is 11.6 Å². The molecule has 6 nitrogen and oxygen atoms in total. The Morgan fingerprint density at radius 2 is 1.83 bits per heavy atom. The largest absolute Gasteiger partial charge is 0.478 e. The molecule has 0 radical (unpaired) electrons. The van der Waals surface area contributed by atoms with Gasteiger partial charge in [-0.2, -0.15) is 0 Å². The Morgan fingerprint density at radius 3 is 2.50 bits per heavy atom. The first kappa shape index (κ1) is 16.5. The molecule has 1 aromatic heterocycles. The molecule has 3 rings (SSSR count). The number of carbonyl (C=O) groups excluding carboxylic acids is 1. The van der Waals surface area contributed by atoms with E-state index in [4.69, 9.17) is 0 Å². The number of thiophene rings is 1. The van der Waals surface area contributed by atoms with E-state index in [2.05, 4.69) is 21.7 Å². The summed E-state index contributed by atoms with van der Waals surface area (Å²) in [6.45, 7) is 3.80. The molecule has 0 aliphatic carbocycles. The highest BCUT2D eigenvalue weighted by molar-refractivity contribution is 7.09. The number of hydrogen-bond donors (Lipinski definition) is 2. The number of hydrogen-bond acceptors (Lipinski definition) is 4. The molecule has 1 aromatic carbocycles. The van der Waals surface area contributed by atoms with Gasteiger partial charge >= 0.3 is 12.0 Å². The molecule has 0 bridgehead atoms. The maximum atomic E-state index is 12.4. The van der Waals surface area contributed by atoms with Crippen molar-refractivity contribution in [2.75, 3.05) is 31.5 Å². The summed E-state index contributed by atoms with van der Waals surface area (Å²) in [5, 5.41) is 14.0. The fraction of sp³-hybridized carbons (Fsp3) is 0.294. The Labute approximate surface area is 144 Å². The van der Waals surface area contributed by atoms with Crippen molar-refractivity contribution in [1.82, 2.24) is 9.80 Å². The van der Waals surface area contributed by atoms with Crippen LogP contribution in [0.4, 0.5) is 10.5 Å². The quantitative estimate of drug-likeness (QED) is 0.894. The molecule has 2 amide bonds. The summed E-state index contributed by atoms with van der Waals surface area (Å²) < 4.78 is 0. The molecule has 2 N–H and O–H groups in total. The average Bonchev–Trinajstić information content (AvgIpc) is 3.09. The standard InChI is InChI=1S/C17H19N3O3S/c21-16(22)14-5-1-2-6-15(14)18-17(23)20-9-7-19(8-10-20)12-13-4-3-11-24-13/h1-6,11H,7-10,12H2,(H,18,23)(H,21,22). The molecular weight excluding hydrogens is 326 g/mol. The highest BCUT2D eigenvalue weighted by Gasteiger charge is 2.22. The topological polar surface area (TPSA) is 72.9 Å². The van der Waals surface area contributed by atoms with Crippen LogP contribution in [0.1, 0.15) is 15.2 Å². The predicted molar refractivity (Wildman–Crippen MR) is 93.6 cm³/mol. The second-order valence-electron chi connectivity index (χ2n) is 5.62. The molecule has 1 aliphatic heterocycles. The molecule has 1 aliphatic rings. The maximum absolute atomic E-state index is 12.4. The minimum absolute atomic E-state index is 0.0992. The summed E-state index contributed by atoms with van der Waals surface area (Å²) in [7, 11) is 0. The Balaban J connectivity index is 1.55. The number of rotatable bonds is 4. The monoisotopic (exact) mass is 345 g/mol. The molecule has 126 valence electrons. The highest BCUT2D eigenvalue weighted by Crippen LogP contribution is 2.17. The number of benzene rings is 1. The van der Waals surface area contributed by atoms with Gasteiger partial charge in [-0.15, -0.1) is 11.3 Å². The zero-order chi connectivity index (χ0) is 16.9. The van der Waals surface area contributed by atoms with Gasteiger partial charge in [-0.25, -0.2) is 9.59 Å². The predicted octanol–water partition coefficient (Wildman–Crippen LogP) is 2.80. The highest BCUT2D eigenvalue weighted by atomic mass is 32.1. The third kappa shape index (κ3) is 3.93. The molecule has 1 saturated heterocycles. The van der Waals surface area contributed by atoms with Gasteiger partial charge in [-0.1, -0.05) is 18.2 Å². The van der Waals surface area contributed by atoms with E-state index >= 15 is 0 Å². The van der Waals surface area contributed by atoms with Crippen molar-refractivity contribution in [3.05, 3.63) is 52.2 Å². The number of anilines is 1. The first-order chi connectivity index (χ1) is 11.6. The van der Waals surface area contributed by atoms with E-state index in [1.165, 1.54) is 10.9 Å². The third-order valence-electron chi connectivity index (χ3n) is 4.02. The number of amides is 2. The van der Waals surface area contributed by atoms with Crippen LogP contribution in [0.2, 0.25) is 0 Å². The summed E-state index contributed by atoms with van der Waals surface area (Å²) in [4.78, 5) is 28.9. The van der Waals surface area contributed by atoms with Gasteiger partial charge in [0, 0.05) is 37.6 Å². The number of carboxylic acid groups (broad SMARTS) is 1. The SMILES string of the molecule is O=C(O)c1ccccc1NC(=O)N1CCN(Cc2cccs2)CC1. The number of aromatic carboxylic acids is 1. The second-order valence-corrected chi connectivity index (χ2v) is 6.66. The van der Waals surface area contributed by atoms with Crippen LogP contribution in [0.3, 0.4) is 0 Å². The smallest absolute Gasteiger partial charge is 0.337 e. The van der Waals surface area contributed by atoms with Crippen LogP contribution in [0.25, 0.3) is 0 Å². The molecule has 0 spiro atoms. The van der Waals surface area contributed by atoms with Gasteiger partial charge in [0.25, 0.3) is 0 Å². The Morgan fingerprint density at radius 1 is 1.08 bits per heavy atom. The van der Waals surface area contributed by atoms with Crippen molar-refractivity contribution in [1.29, 1.82) is 0 Å². The van der Waals surface area contributed by atoms with Gasteiger partial charge in [0.15, 0.2) is 0 Å². The molecule has 0 unspecified atom stereocenters. The summed E-state index contributed by atoms with van der Waals surface area (Å²) >= 11 is 1.74. The summed E-state index contributed by atoms with van der Waals surface area (Å²) in [6, 6.07) is 10.4. The van der Waals surface area contributed by atoms with Gasteiger partial charge < -0.3 is 15.3 Å². The molecule has 2 heterocycles. The van der Waals surface area contributed by atoms with E-state index in [9.17, 15) is 14.7 Å². The van der Waals surface area contributed by atoms with E-state index < -0.39 is 5.97 Å². The van der Waals surface area contributed by atoms with Crippen LogP contribution in [-0.4, -0.2) is 53.1 Å². The van der Waals surface area contributed by atoms with Gasteiger partial charge in [0.1, 0.15) is 0 Å². The van der Waals surface area contributed by atoms with E-state index in [0.29, 0.717) is 18.8 Å². The fourth-order valence-electron chi connectivity index (χ4n) is 2.70. The first-order valence-electron chi connectivity index (χ1n) is 7.76. The number of para-hydroxylation sites is 1. The lowest BCUT2D eigenvalue weighted by Gasteiger charge is -2.34. The van der Waals surface area contributed by atoms with E-state index in [1.807, 2.05) is 6.07 Å². The lowest BCUT2D eigenvalue weighted by Crippen LogP contribution is -2.49. The second kappa shape index (κ2) is 7.46. The lowest BCUT2D eigenvalue weighted by molar-refractivity contribution is 0.0698. The number of carboxylic acids is 1. The summed E-state index contributed by atoms with van der Waals surface area (Å²) in [5.74, 6) is -1.05. The number of nitrogens with one attached hydrogen (secondary N) is 1. The maximum Gasteiger partial charge on any atom is 0.337 e. The van der Waals surface area contributed by atoms with Crippen LogP contribution in [0.5, 0.6) is 0 Å². The van der Waals surface area contributed by atoms with E-state index in [1.54, 1.807) is 34.4 Å². The van der Waals surface area contributed by atoms with Crippen molar-refractivity contribution in [2.24, 2.45) is 0 Å². The zero-order valence-electron chi connectivity index (χ0n) is 13.1. The van der Waals surface area contributed by atoms with E-state index in [0.717, 1.165) is 19.6 Å². The molecule has 1 fully saturated rings. The van der Waals surface area contributed by atoms with Gasteiger partial charge in [-0.05, 0) is 23.6 Å². The number of piperazine rings is 1. The van der Waals surface area contributed by atoms with Crippen LogP contribution in [0.15, 0.2) is 41.8 Å². The summed E-state index contributed by atoms with van der Waals surface area (Å²) in [5.41, 5.74) is 0.429. The van der Waals surface area contributed by atoms with Crippen molar-refractivity contribution in [3.8, 4) is 0 Å². The third-order valence-corrected chi connectivity index (χ3v) is 4.88. The molecular formula is C17H19N3O3S. The van der Waals surface area contributed by atoms with Crippen LogP contribution < -0.4 is 5.32 Å². The van der Waals surface area contributed by atoms with Crippen molar-refractivity contribution in [2.45, 2.75) is 6.54 Å². The summed E-state index contributed by atoms with van der Waals surface area (Å²) in [6.07, 6.45) is 0. The van der Waals surface area contributed by atoms with Crippen molar-refractivity contribution >= 4 is 29.0 Å². The van der Waals surface area contributed by atoms with Gasteiger partial charge in [0.05, 0.1) is 11.3 Å². The van der Waals surface area contributed by atoms with Crippen molar-refractivity contribution < 1.29 is 14.7 Å². The van der Waals surface area contributed by atoms with Gasteiger partial charge in [0.2, 0.25) is 0 Å². The minimum atomic E-state index is -1.05. The fourth-order valence-corrected chi connectivity index (χ4v) is 3.45. The Bertz CT molecular complexity index is 710. The Kier molecular flexibility index (Phi) is 5.12. The number of urea groups is 1. The molecule has 24 heavy (non-hydrogen) atoms. The Hall–Kier alpha value is -2.38. The number of nitrogens with zero attached hydrogens (tertiary/aromatic N) is 2. The first-order valence-corrected chi connectivity index (χ1v) is 8.64. The van der Waals surface area contributed by atoms with Gasteiger partial charge in [-0.3, -0.25) is 4.90 Å². The van der Waals surface area contributed by atoms with Crippen LogP contribution in [-0.2, 0) is 6.54 Å². The average molecular weight is 345 g/mol.